The van der Waals surface area contributed by atoms with Crippen LogP contribution in [-0.2, 0) is 4.43 Å². The van der Waals surface area contributed by atoms with Crippen LogP contribution in [0.2, 0.25) is 18.1 Å². The molecule has 0 spiro atoms. The first-order valence-electron chi connectivity index (χ1n) is 6.11. The zero-order valence-corrected chi connectivity index (χ0v) is 12.8. The van der Waals surface area contributed by atoms with Gasteiger partial charge in [-0.15, -0.1) is 0 Å². The maximum Gasteiger partial charge on any atom is 0.191 e. The van der Waals surface area contributed by atoms with Gasteiger partial charge in [-0.1, -0.05) is 32.4 Å². The molecule has 1 N–H and O–H groups in total. The van der Waals surface area contributed by atoms with Crippen molar-refractivity contribution in [3.05, 3.63) is 11.6 Å². The van der Waals surface area contributed by atoms with Gasteiger partial charge >= 0.3 is 0 Å². The highest BCUT2D eigenvalue weighted by molar-refractivity contribution is 6.74. The van der Waals surface area contributed by atoms with E-state index in [1.165, 1.54) is 5.57 Å². The minimum absolute atomic E-state index is 0.148. The lowest BCUT2D eigenvalue weighted by atomic mass is 10.2. The van der Waals surface area contributed by atoms with Crippen LogP contribution in [-0.4, -0.2) is 26.6 Å². The normalized spacial score (nSPS) is 14.3. The molecule has 0 saturated heterocycles. The average molecular weight is 244 g/mol. The molecule has 0 rings (SSSR count). The minimum Gasteiger partial charge on any atom is -0.417 e. The van der Waals surface area contributed by atoms with Gasteiger partial charge in [-0.25, -0.2) is 0 Å². The highest BCUT2D eigenvalue weighted by Crippen LogP contribution is 2.36. The summed E-state index contributed by atoms with van der Waals surface area (Å²) >= 11 is 0. The third kappa shape index (κ3) is 5.82. The minimum atomic E-state index is -1.56. The first-order chi connectivity index (χ1) is 7.20. The van der Waals surface area contributed by atoms with Gasteiger partial charge in [-0.3, -0.25) is 0 Å². The standard InChI is InChI=1S/C13H28O2Si/c1-12(9-10-14)8-7-11-15-16(5,6)13(2,3)4/h9,14H,7-8,10-11H2,1-6H3/b12-9+. The molecule has 0 atom stereocenters. The highest BCUT2D eigenvalue weighted by atomic mass is 28.4. The van der Waals surface area contributed by atoms with Crippen molar-refractivity contribution in [3.63, 3.8) is 0 Å². The zero-order valence-electron chi connectivity index (χ0n) is 11.8. The number of allylic oxidation sites excluding steroid dienone is 1. The highest BCUT2D eigenvalue weighted by Gasteiger charge is 2.36. The van der Waals surface area contributed by atoms with Gasteiger partial charge in [0, 0.05) is 6.61 Å². The van der Waals surface area contributed by atoms with Crippen molar-refractivity contribution in [1.82, 2.24) is 0 Å². The van der Waals surface area contributed by atoms with Crippen molar-refractivity contribution >= 4 is 8.32 Å². The van der Waals surface area contributed by atoms with Crippen LogP contribution in [0.3, 0.4) is 0 Å². The summed E-state index contributed by atoms with van der Waals surface area (Å²) in [5, 5.41) is 9.02. The molecule has 0 radical (unpaired) electrons. The summed E-state index contributed by atoms with van der Waals surface area (Å²) < 4.78 is 6.07. The topological polar surface area (TPSA) is 29.5 Å². The smallest absolute Gasteiger partial charge is 0.191 e. The Kier molecular flexibility index (Phi) is 6.52. The first-order valence-corrected chi connectivity index (χ1v) is 9.02. The molecular weight excluding hydrogens is 216 g/mol. The van der Waals surface area contributed by atoms with E-state index >= 15 is 0 Å². The Morgan fingerprint density at radius 2 is 1.88 bits per heavy atom. The van der Waals surface area contributed by atoms with Crippen LogP contribution in [0.5, 0.6) is 0 Å². The fourth-order valence-corrected chi connectivity index (χ4v) is 2.24. The van der Waals surface area contributed by atoms with Crippen LogP contribution in [0.15, 0.2) is 11.6 Å². The maximum absolute atomic E-state index is 8.73. The van der Waals surface area contributed by atoms with Crippen molar-refractivity contribution < 1.29 is 9.53 Å². The molecule has 0 aliphatic heterocycles. The van der Waals surface area contributed by atoms with Crippen molar-refractivity contribution in [2.24, 2.45) is 0 Å². The van der Waals surface area contributed by atoms with Gasteiger partial charge in [0.25, 0.3) is 0 Å². The molecule has 0 aromatic carbocycles. The Bertz CT molecular complexity index is 227. The van der Waals surface area contributed by atoms with E-state index in [2.05, 4.69) is 40.8 Å². The fraction of sp³-hybridized carbons (Fsp3) is 0.846. The molecule has 0 amide bonds. The molecule has 0 fully saturated rings. The number of hydrogen-bond acceptors (Lipinski definition) is 2. The van der Waals surface area contributed by atoms with E-state index in [1.807, 2.05) is 6.08 Å². The van der Waals surface area contributed by atoms with E-state index in [0.717, 1.165) is 19.4 Å². The van der Waals surface area contributed by atoms with E-state index in [-0.39, 0.29) is 6.61 Å². The summed E-state index contributed by atoms with van der Waals surface area (Å²) in [4.78, 5) is 0. The molecule has 0 unspecified atom stereocenters. The largest absolute Gasteiger partial charge is 0.417 e. The predicted octanol–water partition coefficient (Wildman–Crippen LogP) is 3.73. The van der Waals surface area contributed by atoms with Gasteiger partial charge < -0.3 is 9.53 Å². The molecule has 96 valence electrons. The Morgan fingerprint density at radius 3 is 2.31 bits per heavy atom. The maximum atomic E-state index is 8.73. The van der Waals surface area contributed by atoms with Gasteiger partial charge in [0.1, 0.15) is 0 Å². The third-order valence-corrected chi connectivity index (χ3v) is 7.96. The van der Waals surface area contributed by atoms with E-state index in [4.69, 9.17) is 9.53 Å². The van der Waals surface area contributed by atoms with Crippen molar-refractivity contribution in [1.29, 1.82) is 0 Å². The quantitative estimate of drug-likeness (QED) is 0.438. The molecular formula is C13H28O2Si. The second kappa shape index (κ2) is 6.57. The molecule has 2 nitrogen and oxygen atoms in total. The summed E-state index contributed by atoms with van der Waals surface area (Å²) in [6.45, 7) is 14.4. The molecule has 0 aliphatic carbocycles. The van der Waals surface area contributed by atoms with Crippen molar-refractivity contribution in [2.75, 3.05) is 13.2 Å². The second-order valence-corrected chi connectivity index (χ2v) is 10.8. The van der Waals surface area contributed by atoms with Crippen LogP contribution < -0.4 is 0 Å². The molecule has 0 aromatic rings. The van der Waals surface area contributed by atoms with Crippen LogP contribution >= 0.6 is 0 Å². The molecule has 0 aliphatic rings. The monoisotopic (exact) mass is 244 g/mol. The fourth-order valence-electron chi connectivity index (χ4n) is 1.15. The summed E-state index contributed by atoms with van der Waals surface area (Å²) in [6.07, 6.45) is 3.94. The summed E-state index contributed by atoms with van der Waals surface area (Å²) in [5.41, 5.74) is 1.25. The molecule has 0 saturated carbocycles. The molecule has 0 heterocycles. The zero-order chi connectivity index (χ0) is 12.8. The van der Waals surface area contributed by atoms with E-state index in [9.17, 15) is 0 Å². The predicted molar refractivity (Wildman–Crippen MR) is 73.2 cm³/mol. The van der Waals surface area contributed by atoms with Gasteiger partial charge in [0.15, 0.2) is 8.32 Å². The summed E-state index contributed by atoms with van der Waals surface area (Å²) in [5.74, 6) is 0. The van der Waals surface area contributed by atoms with Crippen LogP contribution in [0, 0.1) is 0 Å². The first kappa shape index (κ1) is 15.9. The lowest BCUT2D eigenvalue weighted by Gasteiger charge is -2.36. The summed E-state index contributed by atoms with van der Waals surface area (Å²) in [7, 11) is -1.56. The lowest BCUT2D eigenvalue weighted by Crippen LogP contribution is -2.40. The SMILES string of the molecule is C/C(=C\CO)CCCO[Si](C)(C)C(C)(C)C. The van der Waals surface area contributed by atoms with Gasteiger partial charge in [-0.2, -0.15) is 0 Å². The third-order valence-electron chi connectivity index (χ3n) is 3.42. The Morgan fingerprint density at radius 1 is 1.31 bits per heavy atom. The van der Waals surface area contributed by atoms with Crippen LogP contribution in [0.4, 0.5) is 0 Å². The Hall–Kier alpha value is -0.123. The molecule has 16 heavy (non-hydrogen) atoms. The number of aliphatic hydroxyl groups excluding tert-OH is 1. The van der Waals surface area contributed by atoms with E-state index in [1.54, 1.807) is 0 Å². The van der Waals surface area contributed by atoms with Crippen molar-refractivity contribution in [3.8, 4) is 0 Å². The Labute approximate surface area is 102 Å². The van der Waals surface area contributed by atoms with Gasteiger partial charge in [-0.05, 0) is 37.9 Å². The number of hydrogen-bond donors (Lipinski definition) is 1. The van der Waals surface area contributed by atoms with Gasteiger partial charge in [0.2, 0.25) is 0 Å². The van der Waals surface area contributed by atoms with Crippen molar-refractivity contribution in [2.45, 2.75) is 58.7 Å². The average Bonchev–Trinajstić information content (AvgIpc) is 2.11. The second-order valence-electron chi connectivity index (χ2n) is 5.95. The van der Waals surface area contributed by atoms with Crippen LogP contribution in [0.1, 0.15) is 40.5 Å². The van der Waals surface area contributed by atoms with Gasteiger partial charge in [0.05, 0.1) is 6.61 Å². The molecule has 0 aromatic heterocycles. The van der Waals surface area contributed by atoms with E-state index in [0.29, 0.717) is 5.04 Å². The molecule has 3 heteroatoms. The van der Waals surface area contributed by atoms with Crippen LogP contribution in [0.25, 0.3) is 0 Å². The Balaban J connectivity index is 3.87. The summed E-state index contributed by atoms with van der Waals surface area (Å²) in [6, 6.07) is 0. The molecule has 0 bridgehead atoms. The number of rotatable bonds is 6. The number of aliphatic hydroxyl groups is 1. The van der Waals surface area contributed by atoms with E-state index < -0.39 is 8.32 Å². The lowest BCUT2D eigenvalue weighted by molar-refractivity contribution is 0.282.